The highest BCUT2D eigenvalue weighted by atomic mass is 19.4. The predicted octanol–water partition coefficient (Wildman–Crippen LogP) is 5.04. The second-order valence-corrected chi connectivity index (χ2v) is 6.48. The summed E-state index contributed by atoms with van der Waals surface area (Å²) in [7, 11) is 0. The molecule has 2 heterocycles. The van der Waals surface area contributed by atoms with Gasteiger partial charge in [-0.25, -0.2) is 15.0 Å². The van der Waals surface area contributed by atoms with Gasteiger partial charge in [-0.2, -0.15) is 13.2 Å². The number of imidazole rings is 1. The number of alkyl halides is 3. The molecule has 2 aromatic carbocycles. The molecule has 0 unspecified atom stereocenters. The first-order valence-corrected chi connectivity index (χ1v) is 9.05. The van der Waals surface area contributed by atoms with Gasteiger partial charge in [-0.1, -0.05) is 12.1 Å². The van der Waals surface area contributed by atoms with Crippen molar-refractivity contribution in [3.63, 3.8) is 0 Å². The van der Waals surface area contributed by atoms with Crippen molar-refractivity contribution >= 4 is 17.3 Å². The summed E-state index contributed by atoms with van der Waals surface area (Å²) >= 11 is 0. The Morgan fingerprint density at radius 3 is 2.47 bits per heavy atom. The van der Waals surface area contributed by atoms with Gasteiger partial charge < -0.3 is 15.2 Å². The molecule has 0 amide bonds. The van der Waals surface area contributed by atoms with Crippen LogP contribution < -0.4 is 10.6 Å². The standard InChI is InChI=1S/C21H17F3N6/c22-21(23,24)16-3-1-2-15(10-16)12-26-19-11-20(28-13-27-19)29-17-4-6-18(7-5-17)30-9-8-25-14-30/h1-11,13-14H,12H2,(H2,26,27,28,29). The molecular formula is C21H17F3N6. The zero-order valence-electron chi connectivity index (χ0n) is 15.6. The first-order valence-electron chi connectivity index (χ1n) is 9.05. The molecule has 152 valence electrons. The number of hydrogen-bond acceptors (Lipinski definition) is 5. The van der Waals surface area contributed by atoms with Crippen molar-refractivity contribution in [3.05, 3.63) is 90.8 Å². The van der Waals surface area contributed by atoms with E-state index in [-0.39, 0.29) is 6.54 Å². The summed E-state index contributed by atoms with van der Waals surface area (Å²) in [5, 5.41) is 6.20. The molecule has 0 aliphatic rings. The van der Waals surface area contributed by atoms with Gasteiger partial charge >= 0.3 is 6.18 Å². The fourth-order valence-corrected chi connectivity index (χ4v) is 2.85. The van der Waals surface area contributed by atoms with Crippen LogP contribution in [0.3, 0.4) is 0 Å². The highest BCUT2D eigenvalue weighted by Crippen LogP contribution is 2.29. The van der Waals surface area contributed by atoms with Crippen LogP contribution in [0.4, 0.5) is 30.5 Å². The Kier molecular flexibility index (Phi) is 5.34. The van der Waals surface area contributed by atoms with Gasteiger partial charge in [0.05, 0.1) is 11.9 Å². The SMILES string of the molecule is FC(F)(F)c1cccc(CNc2cc(Nc3ccc(-n4ccnc4)cc3)ncn2)c1. The number of aromatic nitrogens is 4. The molecule has 0 bridgehead atoms. The van der Waals surface area contributed by atoms with Crippen molar-refractivity contribution in [2.24, 2.45) is 0 Å². The maximum absolute atomic E-state index is 12.8. The van der Waals surface area contributed by atoms with Crippen LogP contribution in [0.1, 0.15) is 11.1 Å². The maximum Gasteiger partial charge on any atom is 0.416 e. The number of nitrogens with one attached hydrogen (secondary N) is 2. The quantitative estimate of drug-likeness (QED) is 0.466. The first-order chi connectivity index (χ1) is 14.5. The number of rotatable bonds is 6. The molecule has 0 saturated carbocycles. The van der Waals surface area contributed by atoms with Crippen molar-refractivity contribution in [2.45, 2.75) is 12.7 Å². The van der Waals surface area contributed by atoms with Crippen LogP contribution in [0.2, 0.25) is 0 Å². The largest absolute Gasteiger partial charge is 0.416 e. The van der Waals surface area contributed by atoms with E-state index in [0.717, 1.165) is 23.5 Å². The maximum atomic E-state index is 12.8. The van der Waals surface area contributed by atoms with Gasteiger partial charge in [0.15, 0.2) is 0 Å². The number of hydrogen-bond donors (Lipinski definition) is 2. The Bertz CT molecular complexity index is 1110. The molecule has 0 aliphatic carbocycles. The molecule has 0 radical (unpaired) electrons. The number of nitrogens with zero attached hydrogens (tertiary/aromatic N) is 4. The summed E-state index contributed by atoms with van der Waals surface area (Å²) < 4.78 is 40.4. The Morgan fingerprint density at radius 1 is 0.933 bits per heavy atom. The molecule has 9 heteroatoms. The van der Waals surface area contributed by atoms with E-state index in [4.69, 9.17) is 0 Å². The molecule has 0 spiro atoms. The van der Waals surface area contributed by atoms with E-state index < -0.39 is 11.7 Å². The van der Waals surface area contributed by atoms with E-state index in [1.54, 1.807) is 24.7 Å². The lowest BCUT2D eigenvalue weighted by Crippen LogP contribution is -2.07. The molecule has 0 aliphatic heterocycles. The fraction of sp³-hybridized carbons (Fsp3) is 0.0952. The molecule has 2 aromatic heterocycles. The zero-order chi connectivity index (χ0) is 21.0. The third-order valence-electron chi connectivity index (χ3n) is 4.34. The first kappa shape index (κ1) is 19.4. The fourth-order valence-electron chi connectivity index (χ4n) is 2.85. The average Bonchev–Trinajstić information content (AvgIpc) is 3.28. The monoisotopic (exact) mass is 410 g/mol. The van der Waals surface area contributed by atoms with Crippen LogP contribution in [0.25, 0.3) is 5.69 Å². The van der Waals surface area contributed by atoms with Crippen molar-refractivity contribution < 1.29 is 13.2 Å². The summed E-state index contributed by atoms with van der Waals surface area (Å²) in [5.74, 6) is 1.06. The summed E-state index contributed by atoms with van der Waals surface area (Å²) in [6.45, 7) is 0.208. The molecular weight excluding hydrogens is 393 g/mol. The highest BCUT2D eigenvalue weighted by Gasteiger charge is 2.30. The topological polar surface area (TPSA) is 67.7 Å². The normalized spacial score (nSPS) is 11.3. The Morgan fingerprint density at radius 2 is 1.73 bits per heavy atom. The number of anilines is 3. The highest BCUT2D eigenvalue weighted by molar-refractivity contribution is 5.60. The van der Waals surface area contributed by atoms with E-state index in [9.17, 15) is 13.2 Å². The van der Waals surface area contributed by atoms with Crippen LogP contribution in [-0.2, 0) is 12.7 Å². The summed E-state index contributed by atoms with van der Waals surface area (Å²) in [6.07, 6.45) is 2.30. The van der Waals surface area contributed by atoms with Crippen LogP contribution in [0.5, 0.6) is 0 Å². The smallest absolute Gasteiger partial charge is 0.366 e. The van der Waals surface area contributed by atoms with Crippen LogP contribution in [0, 0.1) is 0 Å². The predicted molar refractivity (Wildman–Crippen MR) is 108 cm³/mol. The molecule has 4 rings (SSSR count). The van der Waals surface area contributed by atoms with Crippen molar-refractivity contribution in [2.75, 3.05) is 10.6 Å². The summed E-state index contributed by atoms with van der Waals surface area (Å²) in [4.78, 5) is 12.3. The zero-order valence-corrected chi connectivity index (χ0v) is 15.6. The minimum absolute atomic E-state index is 0.208. The number of benzene rings is 2. The average molecular weight is 410 g/mol. The van der Waals surface area contributed by atoms with Gasteiger partial charge in [0.25, 0.3) is 0 Å². The van der Waals surface area contributed by atoms with Gasteiger partial charge in [-0.15, -0.1) is 0 Å². The molecule has 0 atom stereocenters. The minimum atomic E-state index is -4.37. The van der Waals surface area contributed by atoms with E-state index >= 15 is 0 Å². The van der Waals surface area contributed by atoms with E-state index in [1.807, 2.05) is 35.0 Å². The third-order valence-corrected chi connectivity index (χ3v) is 4.34. The summed E-state index contributed by atoms with van der Waals surface area (Å²) in [6, 6.07) is 14.6. The van der Waals surface area contributed by atoms with Gasteiger partial charge in [0, 0.05) is 36.4 Å². The van der Waals surface area contributed by atoms with Crippen molar-refractivity contribution in [3.8, 4) is 5.69 Å². The molecule has 6 nitrogen and oxygen atoms in total. The Balaban J connectivity index is 1.41. The second kappa shape index (κ2) is 8.24. The van der Waals surface area contributed by atoms with Crippen molar-refractivity contribution in [1.82, 2.24) is 19.5 Å². The molecule has 2 N–H and O–H groups in total. The van der Waals surface area contributed by atoms with Gasteiger partial charge in [0.1, 0.15) is 18.0 Å². The third kappa shape index (κ3) is 4.75. The van der Waals surface area contributed by atoms with Crippen LogP contribution in [0.15, 0.2) is 79.6 Å². The summed E-state index contributed by atoms with van der Waals surface area (Å²) in [5.41, 5.74) is 1.64. The van der Waals surface area contributed by atoms with E-state index in [0.29, 0.717) is 17.2 Å². The van der Waals surface area contributed by atoms with Gasteiger partial charge in [-0.3, -0.25) is 0 Å². The molecule has 4 aromatic rings. The molecule has 30 heavy (non-hydrogen) atoms. The van der Waals surface area contributed by atoms with Gasteiger partial charge in [-0.05, 0) is 42.0 Å². The van der Waals surface area contributed by atoms with E-state index in [1.165, 1.54) is 12.4 Å². The van der Waals surface area contributed by atoms with Crippen LogP contribution >= 0.6 is 0 Å². The Hall–Kier alpha value is -3.88. The lowest BCUT2D eigenvalue weighted by Gasteiger charge is -2.11. The second-order valence-electron chi connectivity index (χ2n) is 6.48. The lowest BCUT2D eigenvalue weighted by atomic mass is 10.1. The van der Waals surface area contributed by atoms with Crippen LogP contribution in [-0.4, -0.2) is 19.5 Å². The lowest BCUT2D eigenvalue weighted by molar-refractivity contribution is -0.137. The number of halogens is 3. The Labute approximate surface area is 170 Å². The molecule has 0 fully saturated rings. The van der Waals surface area contributed by atoms with Gasteiger partial charge in [0.2, 0.25) is 0 Å². The minimum Gasteiger partial charge on any atom is -0.366 e. The van der Waals surface area contributed by atoms with E-state index in [2.05, 4.69) is 25.6 Å². The molecule has 0 saturated heterocycles. The van der Waals surface area contributed by atoms with Crippen molar-refractivity contribution in [1.29, 1.82) is 0 Å².